The van der Waals surface area contributed by atoms with Gasteiger partial charge in [-0.3, -0.25) is 4.79 Å². The standard InChI is InChI=1S/C18H21N3O5/c1-24-14-6-4-5-13(9-14)19-11-17(22)21-20-10-12-7-15(25-2)18(23)16(8-12)26-3/h4-10,19,23H,11H2,1-3H3,(H,21,22)/b20-10+. The van der Waals surface area contributed by atoms with Crippen molar-refractivity contribution in [3.63, 3.8) is 0 Å². The van der Waals surface area contributed by atoms with E-state index in [2.05, 4.69) is 15.8 Å². The van der Waals surface area contributed by atoms with Crippen LogP contribution in [-0.4, -0.2) is 45.1 Å². The van der Waals surface area contributed by atoms with Crippen molar-refractivity contribution in [2.45, 2.75) is 0 Å². The largest absolute Gasteiger partial charge is 0.502 e. The molecule has 8 heteroatoms. The summed E-state index contributed by atoms with van der Waals surface area (Å²) in [5.74, 6) is 0.776. The minimum atomic E-state index is -0.318. The summed E-state index contributed by atoms with van der Waals surface area (Å²) < 4.78 is 15.2. The average Bonchev–Trinajstić information content (AvgIpc) is 2.67. The molecule has 1 amide bonds. The molecule has 0 bridgehead atoms. The number of hydrogen-bond donors (Lipinski definition) is 3. The first kappa shape index (κ1) is 18.9. The minimum Gasteiger partial charge on any atom is -0.502 e. The van der Waals surface area contributed by atoms with Gasteiger partial charge < -0.3 is 24.6 Å². The number of phenols is 1. The molecule has 0 saturated carbocycles. The number of ether oxygens (including phenoxy) is 3. The Morgan fingerprint density at radius 1 is 1.12 bits per heavy atom. The fraction of sp³-hybridized carbons (Fsp3) is 0.222. The molecule has 0 aliphatic rings. The van der Waals surface area contributed by atoms with E-state index in [-0.39, 0.29) is 29.7 Å². The van der Waals surface area contributed by atoms with Crippen LogP contribution in [0.15, 0.2) is 41.5 Å². The van der Waals surface area contributed by atoms with Gasteiger partial charge >= 0.3 is 0 Å². The predicted molar refractivity (Wildman–Crippen MR) is 98.4 cm³/mol. The number of nitrogens with zero attached hydrogens (tertiary/aromatic N) is 1. The number of hydrazone groups is 1. The summed E-state index contributed by atoms with van der Waals surface area (Å²) in [5, 5.41) is 16.7. The van der Waals surface area contributed by atoms with Gasteiger partial charge in [0.25, 0.3) is 5.91 Å². The SMILES string of the molecule is COc1cccc(NCC(=O)N/N=C/c2cc(OC)c(O)c(OC)c2)c1. The Balaban J connectivity index is 1.92. The van der Waals surface area contributed by atoms with Gasteiger partial charge in [0, 0.05) is 17.3 Å². The molecule has 0 fully saturated rings. The lowest BCUT2D eigenvalue weighted by molar-refractivity contribution is -0.119. The number of hydrogen-bond acceptors (Lipinski definition) is 7. The van der Waals surface area contributed by atoms with Gasteiger partial charge in [0.1, 0.15) is 5.75 Å². The maximum atomic E-state index is 11.9. The molecule has 0 heterocycles. The number of aromatic hydroxyl groups is 1. The summed E-state index contributed by atoms with van der Waals surface area (Å²) in [6, 6.07) is 10.4. The third-order valence-electron chi connectivity index (χ3n) is 3.43. The molecule has 0 atom stereocenters. The van der Waals surface area contributed by atoms with Crippen molar-refractivity contribution in [1.82, 2.24) is 5.43 Å². The maximum absolute atomic E-state index is 11.9. The molecular formula is C18H21N3O5. The maximum Gasteiger partial charge on any atom is 0.259 e. The second kappa shape index (κ2) is 9.16. The monoisotopic (exact) mass is 359 g/mol. The van der Waals surface area contributed by atoms with E-state index in [0.717, 1.165) is 5.69 Å². The van der Waals surface area contributed by atoms with Gasteiger partial charge in [-0.15, -0.1) is 0 Å². The smallest absolute Gasteiger partial charge is 0.259 e. The molecule has 0 aliphatic heterocycles. The lowest BCUT2D eigenvalue weighted by Crippen LogP contribution is -2.25. The van der Waals surface area contributed by atoms with Crippen LogP contribution in [-0.2, 0) is 4.79 Å². The van der Waals surface area contributed by atoms with Crippen molar-refractivity contribution in [1.29, 1.82) is 0 Å². The molecule has 138 valence electrons. The van der Waals surface area contributed by atoms with E-state index in [1.807, 2.05) is 18.2 Å². The van der Waals surface area contributed by atoms with Gasteiger partial charge in [-0.1, -0.05) is 6.07 Å². The summed E-state index contributed by atoms with van der Waals surface area (Å²) in [5.41, 5.74) is 3.77. The molecule has 0 saturated heterocycles. The molecule has 26 heavy (non-hydrogen) atoms. The lowest BCUT2D eigenvalue weighted by Gasteiger charge is -2.09. The van der Waals surface area contributed by atoms with Crippen LogP contribution in [0.5, 0.6) is 23.0 Å². The molecule has 0 aromatic heterocycles. The fourth-order valence-electron chi connectivity index (χ4n) is 2.12. The molecule has 3 N–H and O–H groups in total. The highest BCUT2D eigenvalue weighted by molar-refractivity contribution is 5.85. The van der Waals surface area contributed by atoms with E-state index in [1.54, 1.807) is 25.3 Å². The normalized spacial score (nSPS) is 10.4. The Kier molecular flexibility index (Phi) is 6.67. The van der Waals surface area contributed by atoms with Crippen LogP contribution < -0.4 is 25.0 Å². The van der Waals surface area contributed by atoms with Crippen LogP contribution >= 0.6 is 0 Å². The summed E-state index contributed by atoms with van der Waals surface area (Å²) in [4.78, 5) is 11.9. The number of carbonyl (C=O) groups excluding carboxylic acids is 1. The number of phenolic OH excluding ortho intramolecular Hbond substituents is 1. The first-order valence-electron chi connectivity index (χ1n) is 7.72. The third kappa shape index (κ3) is 5.04. The van der Waals surface area contributed by atoms with E-state index >= 15 is 0 Å². The van der Waals surface area contributed by atoms with Gasteiger partial charge in [0.15, 0.2) is 11.5 Å². The van der Waals surface area contributed by atoms with Crippen molar-refractivity contribution < 1.29 is 24.1 Å². The van der Waals surface area contributed by atoms with E-state index in [0.29, 0.717) is 11.3 Å². The summed E-state index contributed by atoms with van der Waals surface area (Å²) in [6.45, 7) is 0.0483. The number of carbonyl (C=O) groups is 1. The first-order valence-corrected chi connectivity index (χ1v) is 7.72. The van der Waals surface area contributed by atoms with Crippen molar-refractivity contribution in [3.05, 3.63) is 42.0 Å². The molecule has 8 nitrogen and oxygen atoms in total. The van der Waals surface area contributed by atoms with Gasteiger partial charge in [0.2, 0.25) is 5.75 Å². The number of rotatable bonds is 8. The zero-order valence-electron chi connectivity index (χ0n) is 14.8. The number of anilines is 1. The topological polar surface area (TPSA) is 101 Å². The molecule has 2 aromatic carbocycles. The van der Waals surface area contributed by atoms with Gasteiger partial charge in [-0.05, 0) is 24.3 Å². The van der Waals surface area contributed by atoms with Crippen LogP contribution in [0.3, 0.4) is 0 Å². The van der Waals surface area contributed by atoms with E-state index in [4.69, 9.17) is 14.2 Å². The van der Waals surface area contributed by atoms with Crippen LogP contribution in [0.1, 0.15) is 5.56 Å². The average molecular weight is 359 g/mol. The highest BCUT2D eigenvalue weighted by Crippen LogP contribution is 2.36. The van der Waals surface area contributed by atoms with Crippen LogP contribution in [0.2, 0.25) is 0 Å². The predicted octanol–water partition coefficient (Wildman–Crippen LogP) is 1.98. The van der Waals surface area contributed by atoms with Crippen molar-refractivity contribution in [3.8, 4) is 23.0 Å². The van der Waals surface area contributed by atoms with Crippen LogP contribution in [0.25, 0.3) is 0 Å². The number of amides is 1. The summed E-state index contributed by atoms with van der Waals surface area (Å²) in [7, 11) is 4.44. The van der Waals surface area contributed by atoms with Crippen molar-refractivity contribution >= 4 is 17.8 Å². The lowest BCUT2D eigenvalue weighted by atomic mass is 10.2. The minimum absolute atomic E-state index is 0.0483. The quantitative estimate of drug-likeness (QED) is 0.492. The fourth-order valence-corrected chi connectivity index (χ4v) is 2.12. The Morgan fingerprint density at radius 2 is 1.81 bits per heavy atom. The van der Waals surface area contributed by atoms with E-state index in [1.165, 1.54) is 20.4 Å². The van der Waals surface area contributed by atoms with Crippen molar-refractivity contribution in [2.24, 2.45) is 5.10 Å². The molecule has 0 radical (unpaired) electrons. The zero-order chi connectivity index (χ0) is 18.9. The Morgan fingerprint density at radius 3 is 2.42 bits per heavy atom. The zero-order valence-corrected chi connectivity index (χ0v) is 14.8. The Bertz CT molecular complexity index is 767. The van der Waals surface area contributed by atoms with E-state index in [9.17, 15) is 9.90 Å². The van der Waals surface area contributed by atoms with Gasteiger partial charge in [0.05, 0.1) is 34.1 Å². The van der Waals surface area contributed by atoms with Gasteiger partial charge in [-0.25, -0.2) is 5.43 Å². The van der Waals surface area contributed by atoms with Crippen molar-refractivity contribution in [2.75, 3.05) is 33.2 Å². The first-order chi connectivity index (χ1) is 12.6. The second-order valence-electron chi connectivity index (χ2n) is 5.15. The molecule has 2 aromatic rings. The summed E-state index contributed by atoms with van der Waals surface area (Å²) >= 11 is 0. The summed E-state index contributed by atoms with van der Waals surface area (Å²) in [6.07, 6.45) is 1.42. The second-order valence-corrected chi connectivity index (χ2v) is 5.15. The molecule has 0 unspecified atom stereocenters. The number of benzene rings is 2. The number of nitrogens with one attached hydrogen (secondary N) is 2. The molecule has 2 rings (SSSR count). The molecule has 0 aliphatic carbocycles. The van der Waals surface area contributed by atoms with E-state index < -0.39 is 0 Å². The van der Waals surface area contributed by atoms with Crippen LogP contribution in [0, 0.1) is 0 Å². The Hall–Kier alpha value is -3.42. The van der Waals surface area contributed by atoms with Gasteiger partial charge in [-0.2, -0.15) is 5.10 Å². The molecule has 0 spiro atoms. The Labute approximate surface area is 151 Å². The third-order valence-corrected chi connectivity index (χ3v) is 3.43. The highest BCUT2D eigenvalue weighted by atomic mass is 16.5. The number of methoxy groups -OCH3 is 3. The van der Waals surface area contributed by atoms with Crippen LogP contribution in [0.4, 0.5) is 5.69 Å². The highest BCUT2D eigenvalue weighted by Gasteiger charge is 2.10. The molecular weight excluding hydrogens is 338 g/mol.